The third-order valence-electron chi connectivity index (χ3n) is 4.14. The average Bonchev–Trinajstić information content (AvgIpc) is 2.93. The number of hydrogen-bond acceptors (Lipinski definition) is 4. The molecule has 0 aliphatic heterocycles. The quantitative estimate of drug-likeness (QED) is 0.730. The fourth-order valence-electron chi connectivity index (χ4n) is 2.66. The summed E-state index contributed by atoms with van der Waals surface area (Å²) in [5.41, 5.74) is 3.26. The molecule has 3 rings (SSSR count). The molecule has 0 aliphatic rings. The lowest BCUT2D eigenvalue weighted by molar-refractivity contribution is -0.122. The van der Waals surface area contributed by atoms with Crippen LogP contribution in [-0.2, 0) is 10.2 Å². The standard InChI is InChI=1S/C21H24N2O3/c1-13(25-17-8-6-7-15(11-17)21(3,4)5)20(24)23-16-9-10-19-18(12-16)22-14(2)26-19/h6-13H,1-5H3,(H,23,24). The summed E-state index contributed by atoms with van der Waals surface area (Å²) in [5.74, 6) is 1.06. The highest BCUT2D eigenvalue weighted by Gasteiger charge is 2.18. The SMILES string of the molecule is Cc1nc2cc(NC(=O)C(C)Oc3cccc(C(C)(C)C)c3)ccc2o1. The van der Waals surface area contributed by atoms with Crippen LogP contribution in [0, 0.1) is 6.92 Å². The molecule has 136 valence electrons. The normalized spacial score (nSPS) is 12.8. The molecule has 5 nitrogen and oxygen atoms in total. The van der Waals surface area contributed by atoms with Crippen molar-refractivity contribution >= 4 is 22.7 Å². The molecule has 2 aromatic carbocycles. The summed E-state index contributed by atoms with van der Waals surface area (Å²) in [7, 11) is 0. The third-order valence-corrected chi connectivity index (χ3v) is 4.14. The van der Waals surface area contributed by atoms with Crippen molar-refractivity contribution in [2.75, 3.05) is 5.32 Å². The van der Waals surface area contributed by atoms with E-state index >= 15 is 0 Å². The Hall–Kier alpha value is -2.82. The first-order valence-electron chi connectivity index (χ1n) is 8.67. The van der Waals surface area contributed by atoms with Crippen LogP contribution < -0.4 is 10.1 Å². The zero-order valence-corrected chi connectivity index (χ0v) is 15.8. The molecule has 1 aromatic heterocycles. The Balaban J connectivity index is 1.69. The minimum Gasteiger partial charge on any atom is -0.481 e. The molecule has 5 heteroatoms. The number of amides is 1. The number of rotatable bonds is 4. The number of aromatic nitrogens is 1. The van der Waals surface area contributed by atoms with Crippen molar-refractivity contribution in [3.63, 3.8) is 0 Å². The van der Waals surface area contributed by atoms with Crippen molar-refractivity contribution in [3.8, 4) is 5.75 Å². The first-order chi connectivity index (χ1) is 12.2. The second-order valence-electron chi connectivity index (χ2n) is 7.44. The van der Waals surface area contributed by atoms with Crippen LogP contribution in [0.5, 0.6) is 5.75 Å². The van der Waals surface area contributed by atoms with Crippen LogP contribution in [0.1, 0.15) is 39.1 Å². The van der Waals surface area contributed by atoms with Crippen molar-refractivity contribution in [1.82, 2.24) is 4.98 Å². The van der Waals surface area contributed by atoms with Gasteiger partial charge in [-0.15, -0.1) is 0 Å². The molecule has 0 spiro atoms. The van der Waals surface area contributed by atoms with Crippen LogP contribution in [0.2, 0.25) is 0 Å². The van der Waals surface area contributed by atoms with E-state index in [1.807, 2.05) is 18.2 Å². The van der Waals surface area contributed by atoms with Gasteiger partial charge in [0.15, 0.2) is 17.6 Å². The molecular formula is C21H24N2O3. The number of nitrogens with zero attached hydrogens (tertiary/aromatic N) is 1. The monoisotopic (exact) mass is 352 g/mol. The summed E-state index contributed by atoms with van der Waals surface area (Å²) in [5, 5.41) is 2.86. The highest BCUT2D eigenvalue weighted by atomic mass is 16.5. The summed E-state index contributed by atoms with van der Waals surface area (Å²) in [4.78, 5) is 16.7. The molecule has 0 bridgehead atoms. The van der Waals surface area contributed by atoms with E-state index in [0.29, 0.717) is 28.4 Å². The number of anilines is 1. The van der Waals surface area contributed by atoms with Gasteiger partial charge >= 0.3 is 0 Å². The zero-order valence-electron chi connectivity index (χ0n) is 15.8. The summed E-state index contributed by atoms with van der Waals surface area (Å²) in [6.45, 7) is 9.95. The van der Waals surface area contributed by atoms with E-state index in [4.69, 9.17) is 9.15 Å². The Kier molecular flexibility index (Phi) is 4.72. The summed E-state index contributed by atoms with van der Waals surface area (Å²) < 4.78 is 11.3. The minimum absolute atomic E-state index is 0.0238. The molecule has 0 fully saturated rings. The second-order valence-corrected chi connectivity index (χ2v) is 7.44. The van der Waals surface area contributed by atoms with Gasteiger partial charge in [0.2, 0.25) is 0 Å². The number of hydrogen-bond donors (Lipinski definition) is 1. The fourth-order valence-corrected chi connectivity index (χ4v) is 2.66. The van der Waals surface area contributed by atoms with Gasteiger partial charge in [-0.25, -0.2) is 4.98 Å². The largest absolute Gasteiger partial charge is 0.481 e. The lowest BCUT2D eigenvalue weighted by Crippen LogP contribution is -2.30. The lowest BCUT2D eigenvalue weighted by Gasteiger charge is -2.21. The van der Waals surface area contributed by atoms with E-state index in [1.54, 1.807) is 32.0 Å². The molecule has 3 aromatic rings. The second kappa shape index (κ2) is 6.83. The van der Waals surface area contributed by atoms with Gasteiger partial charge in [-0.2, -0.15) is 0 Å². The number of carbonyl (C=O) groups excluding carboxylic acids is 1. The Morgan fingerprint density at radius 1 is 1.19 bits per heavy atom. The maximum Gasteiger partial charge on any atom is 0.265 e. The third kappa shape index (κ3) is 4.04. The Labute approximate surface area is 153 Å². The first-order valence-corrected chi connectivity index (χ1v) is 8.67. The molecule has 0 saturated heterocycles. The van der Waals surface area contributed by atoms with E-state index in [1.165, 1.54) is 0 Å². The van der Waals surface area contributed by atoms with Crippen molar-refractivity contribution in [1.29, 1.82) is 0 Å². The Morgan fingerprint density at radius 2 is 1.96 bits per heavy atom. The van der Waals surface area contributed by atoms with E-state index in [-0.39, 0.29) is 11.3 Å². The zero-order chi connectivity index (χ0) is 18.9. The molecular weight excluding hydrogens is 328 g/mol. The van der Waals surface area contributed by atoms with E-state index in [0.717, 1.165) is 5.56 Å². The van der Waals surface area contributed by atoms with Gasteiger partial charge in [0, 0.05) is 12.6 Å². The first kappa shape index (κ1) is 18.0. The molecule has 1 unspecified atom stereocenters. The van der Waals surface area contributed by atoms with Gasteiger partial charge in [0.05, 0.1) is 0 Å². The molecule has 1 heterocycles. The molecule has 0 aliphatic carbocycles. The van der Waals surface area contributed by atoms with E-state index in [9.17, 15) is 4.79 Å². The molecule has 0 saturated carbocycles. The Morgan fingerprint density at radius 3 is 2.69 bits per heavy atom. The molecule has 1 atom stereocenters. The van der Waals surface area contributed by atoms with Gasteiger partial charge in [0.1, 0.15) is 11.3 Å². The highest BCUT2D eigenvalue weighted by Crippen LogP contribution is 2.26. The highest BCUT2D eigenvalue weighted by molar-refractivity contribution is 5.95. The number of benzene rings is 2. The average molecular weight is 352 g/mol. The van der Waals surface area contributed by atoms with Gasteiger partial charge in [-0.3, -0.25) is 4.79 Å². The van der Waals surface area contributed by atoms with E-state index < -0.39 is 6.10 Å². The molecule has 1 amide bonds. The number of oxazole rings is 1. The number of carbonyl (C=O) groups is 1. The molecule has 0 radical (unpaired) electrons. The van der Waals surface area contributed by atoms with Crippen LogP contribution in [0.25, 0.3) is 11.1 Å². The maximum absolute atomic E-state index is 12.5. The predicted molar refractivity (Wildman–Crippen MR) is 103 cm³/mol. The van der Waals surface area contributed by atoms with Gasteiger partial charge in [0.25, 0.3) is 5.91 Å². The predicted octanol–water partition coefficient (Wildman–Crippen LogP) is 4.84. The number of aryl methyl sites for hydroxylation is 1. The fraction of sp³-hybridized carbons (Fsp3) is 0.333. The summed E-state index contributed by atoms with van der Waals surface area (Å²) in [6, 6.07) is 13.2. The minimum atomic E-state index is -0.625. The van der Waals surface area contributed by atoms with Crippen molar-refractivity contribution in [2.45, 2.75) is 46.1 Å². The Bertz CT molecular complexity index is 938. The van der Waals surface area contributed by atoms with Gasteiger partial charge in [-0.1, -0.05) is 32.9 Å². The topological polar surface area (TPSA) is 64.4 Å². The molecule has 1 N–H and O–H groups in total. The van der Waals surface area contributed by atoms with Crippen LogP contribution in [0.15, 0.2) is 46.9 Å². The maximum atomic E-state index is 12.5. The number of nitrogens with one attached hydrogen (secondary N) is 1. The summed E-state index contributed by atoms with van der Waals surface area (Å²) >= 11 is 0. The number of ether oxygens (including phenoxy) is 1. The molecule has 26 heavy (non-hydrogen) atoms. The van der Waals surface area contributed by atoms with Crippen LogP contribution in [0.3, 0.4) is 0 Å². The van der Waals surface area contributed by atoms with Crippen LogP contribution in [-0.4, -0.2) is 17.0 Å². The van der Waals surface area contributed by atoms with Crippen molar-refractivity contribution < 1.29 is 13.9 Å². The lowest BCUT2D eigenvalue weighted by atomic mass is 9.87. The number of fused-ring (bicyclic) bond motifs is 1. The van der Waals surface area contributed by atoms with Gasteiger partial charge < -0.3 is 14.5 Å². The smallest absolute Gasteiger partial charge is 0.265 e. The van der Waals surface area contributed by atoms with Crippen LogP contribution >= 0.6 is 0 Å². The van der Waals surface area contributed by atoms with Crippen molar-refractivity contribution in [2.24, 2.45) is 0 Å². The van der Waals surface area contributed by atoms with Gasteiger partial charge in [-0.05, 0) is 48.2 Å². The van der Waals surface area contributed by atoms with Crippen molar-refractivity contribution in [3.05, 3.63) is 53.9 Å². The van der Waals surface area contributed by atoms with Crippen LogP contribution in [0.4, 0.5) is 5.69 Å². The van der Waals surface area contributed by atoms with E-state index in [2.05, 4.69) is 37.1 Å². The summed E-state index contributed by atoms with van der Waals surface area (Å²) in [6.07, 6.45) is -0.625.